The molecule has 104 valence electrons. The number of rotatable bonds is 7. The molecule has 8 heteroatoms. The number of hydrogen-bond donors (Lipinski definition) is 4. The first-order valence-electron chi connectivity index (χ1n) is 5.49. The Kier molecular flexibility index (Phi) is 5.43. The molecule has 1 aromatic rings. The molecule has 1 aromatic heterocycles. The highest BCUT2D eigenvalue weighted by atomic mass is 32.2. The third kappa shape index (κ3) is 5.04. The number of H-pyrrole nitrogens is 1. The molecule has 0 aliphatic carbocycles. The Morgan fingerprint density at radius 3 is 2.74 bits per heavy atom. The molecule has 0 aliphatic rings. The number of thioether (sulfide) groups is 1. The minimum absolute atomic E-state index is 0.0457. The highest BCUT2D eigenvalue weighted by molar-refractivity contribution is 7.99. The van der Waals surface area contributed by atoms with E-state index in [1.807, 2.05) is 0 Å². The molecule has 7 nitrogen and oxygen atoms in total. The molecule has 1 rings (SSSR count). The average molecular weight is 285 g/mol. The zero-order valence-electron chi connectivity index (χ0n) is 10.4. The standard InChI is InChI=1S/C11H15N3O4S/c1-6-4-7(10(13-6)11(17)18)14-9(16)2-3-19-5-8(12)15/h4,13H,2-3,5H2,1H3,(H2,12,15)(H,14,16)(H,17,18). The number of carboxylic acids is 1. The second-order valence-electron chi connectivity index (χ2n) is 3.86. The van der Waals surface area contributed by atoms with Gasteiger partial charge in [-0.2, -0.15) is 11.8 Å². The van der Waals surface area contributed by atoms with Crippen molar-refractivity contribution in [2.24, 2.45) is 5.73 Å². The second kappa shape index (κ2) is 6.83. The first-order chi connectivity index (χ1) is 8.90. The maximum absolute atomic E-state index is 11.6. The number of amides is 2. The fourth-order valence-corrected chi connectivity index (χ4v) is 2.08. The number of anilines is 1. The molecule has 19 heavy (non-hydrogen) atoms. The van der Waals surface area contributed by atoms with E-state index < -0.39 is 11.9 Å². The van der Waals surface area contributed by atoms with Crippen LogP contribution >= 0.6 is 11.8 Å². The highest BCUT2D eigenvalue weighted by Gasteiger charge is 2.15. The third-order valence-electron chi connectivity index (χ3n) is 2.16. The van der Waals surface area contributed by atoms with Gasteiger partial charge in [-0.25, -0.2) is 4.79 Å². The van der Waals surface area contributed by atoms with Crippen LogP contribution in [0, 0.1) is 6.92 Å². The lowest BCUT2D eigenvalue weighted by atomic mass is 10.3. The number of carboxylic acid groups (broad SMARTS) is 1. The van der Waals surface area contributed by atoms with Gasteiger partial charge in [-0.1, -0.05) is 0 Å². The van der Waals surface area contributed by atoms with Crippen LogP contribution in [-0.2, 0) is 9.59 Å². The molecule has 5 N–H and O–H groups in total. The maximum Gasteiger partial charge on any atom is 0.354 e. The van der Waals surface area contributed by atoms with E-state index in [1.165, 1.54) is 11.8 Å². The van der Waals surface area contributed by atoms with Crippen molar-refractivity contribution in [2.45, 2.75) is 13.3 Å². The number of nitrogens with one attached hydrogen (secondary N) is 2. The third-order valence-corrected chi connectivity index (χ3v) is 3.14. The average Bonchev–Trinajstić information content (AvgIpc) is 2.65. The maximum atomic E-state index is 11.6. The predicted octanol–water partition coefficient (Wildman–Crippen LogP) is 0.568. The number of hydrogen-bond acceptors (Lipinski definition) is 4. The smallest absolute Gasteiger partial charge is 0.354 e. The van der Waals surface area contributed by atoms with Crippen molar-refractivity contribution >= 4 is 35.2 Å². The Balaban J connectivity index is 2.48. The zero-order valence-corrected chi connectivity index (χ0v) is 11.2. The van der Waals surface area contributed by atoms with E-state index in [-0.39, 0.29) is 29.5 Å². The lowest BCUT2D eigenvalue weighted by Crippen LogP contribution is -2.16. The van der Waals surface area contributed by atoms with Crippen molar-refractivity contribution in [3.8, 4) is 0 Å². The molecule has 0 saturated carbocycles. The van der Waals surface area contributed by atoms with E-state index in [2.05, 4.69) is 10.3 Å². The lowest BCUT2D eigenvalue weighted by Gasteiger charge is -2.04. The normalized spacial score (nSPS) is 10.2. The Morgan fingerprint density at radius 1 is 1.47 bits per heavy atom. The molecule has 0 bridgehead atoms. The van der Waals surface area contributed by atoms with Gasteiger partial charge in [-0.05, 0) is 13.0 Å². The lowest BCUT2D eigenvalue weighted by molar-refractivity contribution is -0.116. The van der Waals surface area contributed by atoms with Crippen LogP contribution in [0.1, 0.15) is 22.6 Å². The van der Waals surface area contributed by atoms with Crippen molar-refractivity contribution in [1.82, 2.24) is 4.98 Å². The van der Waals surface area contributed by atoms with E-state index in [4.69, 9.17) is 10.8 Å². The van der Waals surface area contributed by atoms with Gasteiger partial charge in [-0.15, -0.1) is 0 Å². The number of carbonyl (C=O) groups is 3. The second-order valence-corrected chi connectivity index (χ2v) is 4.97. The predicted molar refractivity (Wildman–Crippen MR) is 72.3 cm³/mol. The molecule has 0 aliphatic heterocycles. The molecule has 0 atom stereocenters. The summed E-state index contributed by atoms with van der Waals surface area (Å²) in [5.41, 5.74) is 5.81. The van der Waals surface area contributed by atoms with Gasteiger partial charge in [0.25, 0.3) is 0 Å². The highest BCUT2D eigenvalue weighted by Crippen LogP contribution is 2.17. The summed E-state index contributed by atoms with van der Waals surface area (Å²) in [6, 6.07) is 1.55. The molecule has 0 aromatic carbocycles. The first kappa shape index (κ1) is 15.1. The number of aromatic amines is 1. The number of carbonyl (C=O) groups excluding carboxylic acids is 2. The van der Waals surface area contributed by atoms with E-state index >= 15 is 0 Å². The van der Waals surface area contributed by atoms with Crippen LogP contribution in [0.25, 0.3) is 0 Å². The van der Waals surface area contributed by atoms with Gasteiger partial charge in [0.15, 0.2) is 0 Å². The first-order valence-corrected chi connectivity index (χ1v) is 6.64. The molecular formula is C11H15N3O4S. The fraction of sp³-hybridized carbons (Fsp3) is 0.364. The van der Waals surface area contributed by atoms with Gasteiger partial charge in [-0.3, -0.25) is 9.59 Å². The molecule has 0 unspecified atom stereocenters. The van der Waals surface area contributed by atoms with Crippen molar-refractivity contribution in [3.05, 3.63) is 17.5 Å². The summed E-state index contributed by atoms with van der Waals surface area (Å²) < 4.78 is 0. The Bertz CT molecular complexity index is 498. The molecule has 0 spiro atoms. The summed E-state index contributed by atoms with van der Waals surface area (Å²) in [6.45, 7) is 1.70. The molecule has 2 amide bonds. The molecule has 0 saturated heterocycles. The van der Waals surface area contributed by atoms with Crippen LogP contribution in [0.4, 0.5) is 5.69 Å². The molecule has 1 heterocycles. The summed E-state index contributed by atoms with van der Waals surface area (Å²) in [4.78, 5) is 35.6. The monoisotopic (exact) mass is 285 g/mol. The minimum Gasteiger partial charge on any atom is -0.477 e. The number of aromatic carboxylic acids is 1. The molecule has 0 fully saturated rings. The summed E-state index contributed by atoms with van der Waals surface area (Å²) in [7, 11) is 0. The number of aryl methyl sites for hydroxylation is 1. The quantitative estimate of drug-likeness (QED) is 0.545. The number of primary amides is 1. The summed E-state index contributed by atoms with van der Waals surface area (Å²) in [6.07, 6.45) is 0.182. The summed E-state index contributed by atoms with van der Waals surface area (Å²) >= 11 is 1.26. The van der Waals surface area contributed by atoms with Crippen LogP contribution in [0.3, 0.4) is 0 Å². The van der Waals surface area contributed by atoms with Crippen molar-refractivity contribution in [3.63, 3.8) is 0 Å². The van der Waals surface area contributed by atoms with E-state index in [1.54, 1.807) is 13.0 Å². The van der Waals surface area contributed by atoms with E-state index in [0.29, 0.717) is 11.4 Å². The Morgan fingerprint density at radius 2 is 2.16 bits per heavy atom. The molecular weight excluding hydrogens is 270 g/mol. The SMILES string of the molecule is Cc1cc(NC(=O)CCSCC(N)=O)c(C(=O)O)[nH]1. The van der Waals surface area contributed by atoms with E-state index in [0.717, 1.165) is 0 Å². The van der Waals surface area contributed by atoms with Gasteiger partial charge in [0.05, 0.1) is 11.4 Å². The van der Waals surface area contributed by atoms with Crippen molar-refractivity contribution in [1.29, 1.82) is 0 Å². The number of nitrogens with two attached hydrogens (primary N) is 1. The van der Waals surface area contributed by atoms with E-state index in [9.17, 15) is 14.4 Å². The van der Waals surface area contributed by atoms with Gasteiger partial charge >= 0.3 is 5.97 Å². The van der Waals surface area contributed by atoms with Gasteiger partial charge in [0.1, 0.15) is 5.69 Å². The fourth-order valence-electron chi connectivity index (χ4n) is 1.41. The summed E-state index contributed by atoms with van der Waals surface area (Å²) in [5, 5.41) is 11.4. The largest absolute Gasteiger partial charge is 0.477 e. The Labute approximate surface area is 113 Å². The van der Waals surface area contributed by atoms with Crippen LogP contribution in [0.5, 0.6) is 0 Å². The van der Waals surface area contributed by atoms with Crippen LogP contribution in [-0.4, -0.2) is 39.4 Å². The molecule has 0 radical (unpaired) electrons. The summed E-state index contributed by atoms with van der Waals surface area (Å²) in [5.74, 6) is -1.26. The van der Waals surface area contributed by atoms with Gasteiger partial charge in [0.2, 0.25) is 11.8 Å². The van der Waals surface area contributed by atoms with Crippen LogP contribution in [0.15, 0.2) is 6.07 Å². The minimum atomic E-state index is -1.13. The Hall–Kier alpha value is -1.96. The van der Waals surface area contributed by atoms with Crippen LogP contribution < -0.4 is 11.1 Å². The number of aromatic nitrogens is 1. The van der Waals surface area contributed by atoms with Gasteiger partial charge in [0, 0.05) is 17.9 Å². The van der Waals surface area contributed by atoms with Gasteiger partial charge < -0.3 is 21.1 Å². The topological polar surface area (TPSA) is 125 Å². The van der Waals surface area contributed by atoms with Crippen molar-refractivity contribution in [2.75, 3.05) is 16.8 Å². The zero-order chi connectivity index (χ0) is 14.4. The van der Waals surface area contributed by atoms with Crippen LogP contribution in [0.2, 0.25) is 0 Å². The van der Waals surface area contributed by atoms with Crippen molar-refractivity contribution < 1.29 is 19.5 Å².